The van der Waals surface area contributed by atoms with Crippen LogP contribution in [0, 0.1) is 6.92 Å². The maximum atomic E-state index is 12.7. The molecule has 1 fully saturated rings. The van der Waals surface area contributed by atoms with Crippen molar-refractivity contribution in [3.05, 3.63) is 21.4 Å². The van der Waals surface area contributed by atoms with Crippen LogP contribution >= 0.6 is 11.3 Å². The Bertz CT molecular complexity index is 524. The van der Waals surface area contributed by atoms with E-state index in [1.54, 1.807) is 4.90 Å². The number of carbonyl (C=O) groups excluding carboxylic acids is 1. The number of nitrogens with zero attached hydrogens (tertiary/aromatic N) is 1. The van der Waals surface area contributed by atoms with Crippen molar-refractivity contribution < 1.29 is 14.7 Å². The summed E-state index contributed by atoms with van der Waals surface area (Å²) >= 11 is 1.49. The van der Waals surface area contributed by atoms with Gasteiger partial charge >= 0.3 is 5.97 Å². The zero-order chi connectivity index (χ0) is 15.4. The summed E-state index contributed by atoms with van der Waals surface area (Å²) in [4.78, 5) is 27.6. The molecule has 2 heterocycles. The van der Waals surface area contributed by atoms with Crippen molar-refractivity contribution in [2.45, 2.75) is 58.4 Å². The number of likely N-dealkylation sites (tertiary alicyclic amines) is 1. The van der Waals surface area contributed by atoms with E-state index in [4.69, 9.17) is 0 Å². The van der Waals surface area contributed by atoms with Gasteiger partial charge in [-0.15, -0.1) is 11.3 Å². The van der Waals surface area contributed by atoms with Crippen molar-refractivity contribution in [3.63, 3.8) is 0 Å². The minimum Gasteiger partial charge on any atom is -0.480 e. The van der Waals surface area contributed by atoms with Crippen LogP contribution in [0.15, 0.2) is 6.07 Å². The molecule has 1 aromatic rings. The summed E-state index contributed by atoms with van der Waals surface area (Å²) in [6.45, 7) is 4.70. The van der Waals surface area contributed by atoms with Crippen LogP contribution in [0.1, 0.15) is 59.1 Å². The van der Waals surface area contributed by atoms with Gasteiger partial charge in [-0.1, -0.05) is 26.2 Å². The van der Waals surface area contributed by atoms with Crippen molar-refractivity contribution in [3.8, 4) is 0 Å². The quantitative estimate of drug-likeness (QED) is 0.926. The highest BCUT2D eigenvalue weighted by atomic mass is 32.1. The molecule has 0 aromatic carbocycles. The molecule has 2 rings (SSSR count). The number of carboxylic acids is 1. The van der Waals surface area contributed by atoms with Gasteiger partial charge in [0, 0.05) is 11.4 Å². The molecular formula is C16H23NO3S. The molecule has 0 aliphatic carbocycles. The first kappa shape index (κ1) is 16.0. The molecule has 1 aliphatic rings. The molecule has 5 heteroatoms. The fraction of sp³-hybridized carbons (Fsp3) is 0.625. The predicted molar refractivity (Wildman–Crippen MR) is 84.0 cm³/mol. The topological polar surface area (TPSA) is 57.6 Å². The molecule has 1 N–H and O–H groups in total. The van der Waals surface area contributed by atoms with E-state index in [9.17, 15) is 14.7 Å². The van der Waals surface area contributed by atoms with Gasteiger partial charge in [0.15, 0.2) is 0 Å². The monoisotopic (exact) mass is 309 g/mol. The first-order chi connectivity index (χ1) is 10.0. The second kappa shape index (κ2) is 7.07. The van der Waals surface area contributed by atoms with Crippen LogP contribution in [0.4, 0.5) is 0 Å². The Morgan fingerprint density at radius 3 is 2.81 bits per heavy atom. The molecule has 0 spiro atoms. The molecular weight excluding hydrogens is 286 g/mol. The Morgan fingerprint density at radius 1 is 1.38 bits per heavy atom. The second-order valence-corrected chi connectivity index (χ2v) is 6.90. The lowest BCUT2D eigenvalue weighted by atomic mass is 10.1. The average Bonchev–Trinajstić information content (AvgIpc) is 2.66. The fourth-order valence-corrected chi connectivity index (χ4v) is 3.92. The van der Waals surface area contributed by atoms with E-state index < -0.39 is 12.0 Å². The third-order valence-electron chi connectivity index (χ3n) is 4.05. The van der Waals surface area contributed by atoms with E-state index in [2.05, 4.69) is 6.92 Å². The molecule has 1 saturated heterocycles. The molecule has 21 heavy (non-hydrogen) atoms. The van der Waals surface area contributed by atoms with Crippen molar-refractivity contribution in [2.24, 2.45) is 0 Å². The average molecular weight is 309 g/mol. The van der Waals surface area contributed by atoms with E-state index in [1.165, 1.54) is 21.8 Å². The number of carboxylic acid groups (broad SMARTS) is 1. The predicted octanol–water partition coefficient (Wildman–Crippen LogP) is 3.48. The van der Waals surface area contributed by atoms with Gasteiger partial charge in [-0.25, -0.2) is 4.79 Å². The molecule has 4 nitrogen and oxygen atoms in total. The van der Waals surface area contributed by atoms with E-state index in [0.717, 1.165) is 32.1 Å². The van der Waals surface area contributed by atoms with E-state index in [1.807, 2.05) is 13.0 Å². The number of amides is 1. The highest BCUT2D eigenvalue weighted by Gasteiger charge is 2.32. The lowest BCUT2D eigenvalue weighted by molar-refractivity contribution is -0.142. The third-order valence-corrected chi connectivity index (χ3v) is 5.13. The number of thiophene rings is 1. The second-order valence-electron chi connectivity index (χ2n) is 5.64. The van der Waals surface area contributed by atoms with Crippen LogP contribution < -0.4 is 0 Å². The molecule has 0 radical (unpaired) electrons. The number of carbonyl (C=O) groups is 2. The molecule has 116 valence electrons. The Kier molecular flexibility index (Phi) is 5.39. The summed E-state index contributed by atoms with van der Waals surface area (Å²) in [6.07, 6.45) is 5.35. The molecule has 1 amide bonds. The zero-order valence-electron chi connectivity index (χ0n) is 12.7. The number of hydrogen-bond donors (Lipinski definition) is 1. The highest BCUT2D eigenvalue weighted by molar-refractivity contribution is 7.14. The molecule has 1 aromatic heterocycles. The van der Waals surface area contributed by atoms with Gasteiger partial charge < -0.3 is 10.0 Å². The maximum absolute atomic E-state index is 12.7. The van der Waals surface area contributed by atoms with Crippen LogP contribution in [0.3, 0.4) is 0 Å². The van der Waals surface area contributed by atoms with Crippen molar-refractivity contribution in [1.29, 1.82) is 0 Å². The molecule has 1 unspecified atom stereocenters. The van der Waals surface area contributed by atoms with Gasteiger partial charge in [-0.2, -0.15) is 0 Å². The van der Waals surface area contributed by atoms with Gasteiger partial charge in [-0.3, -0.25) is 4.79 Å². The Morgan fingerprint density at radius 2 is 2.14 bits per heavy atom. The summed E-state index contributed by atoms with van der Waals surface area (Å²) in [7, 11) is 0. The Hall–Kier alpha value is -1.36. The van der Waals surface area contributed by atoms with Crippen LogP contribution in [0.5, 0.6) is 0 Å². The Balaban J connectivity index is 2.23. The minimum absolute atomic E-state index is 0.111. The van der Waals surface area contributed by atoms with Crippen molar-refractivity contribution >= 4 is 23.2 Å². The SMILES string of the molecule is CCCc1cc(C(=O)N2CCCCCC2C(=O)O)sc1C. The van der Waals surface area contributed by atoms with E-state index in [-0.39, 0.29) is 5.91 Å². The van der Waals surface area contributed by atoms with E-state index in [0.29, 0.717) is 17.8 Å². The number of hydrogen-bond acceptors (Lipinski definition) is 3. The van der Waals surface area contributed by atoms with Crippen LogP contribution in [0.2, 0.25) is 0 Å². The standard InChI is InChI=1S/C16H23NO3S/c1-3-7-12-10-14(21-11(12)2)15(18)17-9-6-4-5-8-13(17)16(19)20/h10,13H,3-9H2,1-2H3,(H,19,20). The highest BCUT2D eigenvalue weighted by Crippen LogP contribution is 2.26. The summed E-state index contributed by atoms with van der Waals surface area (Å²) in [6, 6.07) is 1.28. The number of rotatable bonds is 4. The lowest BCUT2D eigenvalue weighted by Crippen LogP contribution is -2.44. The van der Waals surface area contributed by atoms with Gasteiger partial charge in [0.1, 0.15) is 6.04 Å². The minimum atomic E-state index is -0.882. The molecule has 0 saturated carbocycles. The lowest BCUT2D eigenvalue weighted by Gasteiger charge is -2.26. The molecule has 0 bridgehead atoms. The van der Waals surface area contributed by atoms with Gasteiger partial charge in [0.05, 0.1) is 4.88 Å². The number of aryl methyl sites for hydroxylation is 2. The van der Waals surface area contributed by atoms with Crippen LogP contribution in [-0.4, -0.2) is 34.5 Å². The Labute approximate surface area is 129 Å². The largest absolute Gasteiger partial charge is 0.480 e. The van der Waals surface area contributed by atoms with Crippen LogP contribution in [0.25, 0.3) is 0 Å². The maximum Gasteiger partial charge on any atom is 0.326 e. The first-order valence-corrected chi connectivity index (χ1v) is 8.49. The van der Waals surface area contributed by atoms with Gasteiger partial charge in [0.25, 0.3) is 5.91 Å². The zero-order valence-corrected chi connectivity index (χ0v) is 13.5. The fourth-order valence-electron chi connectivity index (χ4n) is 2.89. The van der Waals surface area contributed by atoms with Crippen molar-refractivity contribution in [1.82, 2.24) is 4.90 Å². The summed E-state index contributed by atoms with van der Waals surface area (Å²) in [5.74, 6) is -0.993. The third kappa shape index (κ3) is 3.64. The summed E-state index contributed by atoms with van der Waals surface area (Å²) in [5, 5.41) is 9.38. The van der Waals surface area contributed by atoms with Gasteiger partial charge in [0.2, 0.25) is 0 Å². The van der Waals surface area contributed by atoms with Gasteiger partial charge in [-0.05, 0) is 37.8 Å². The smallest absolute Gasteiger partial charge is 0.326 e. The molecule has 1 aliphatic heterocycles. The normalized spacial score (nSPS) is 19.3. The number of aliphatic carboxylic acids is 1. The summed E-state index contributed by atoms with van der Waals surface area (Å²) < 4.78 is 0. The first-order valence-electron chi connectivity index (χ1n) is 7.67. The van der Waals surface area contributed by atoms with E-state index >= 15 is 0 Å². The van der Waals surface area contributed by atoms with Crippen molar-refractivity contribution in [2.75, 3.05) is 6.54 Å². The molecule has 1 atom stereocenters. The van der Waals surface area contributed by atoms with Crippen LogP contribution in [-0.2, 0) is 11.2 Å². The summed E-state index contributed by atoms with van der Waals surface area (Å²) in [5.41, 5.74) is 1.22.